The number of nitrogen functional groups attached to an aromatic ring is 1. The summed E-state index contributed by atoms with van der Waals surface area (Å²) < 4.78 is 15.8. The molecule has 0 amide bonds. The topological polar surface area (TPSA) is 88.1 Å². The van der Waals surface area contributed by atoms with E-state index >= 15 is 0 Å². The van der Waals surface area contributed by atoms with Crippen molar-refractivity contribution in [3.05, 3.63) is 48.5 Å². The van der Waals surface area contributed by atoms with Crippen molar-refractivity contribution in [3.63, 3.8) is 0 Å². The van der Waals surface area contributed by atoms with Crippen molar-refractivity contribution in [2.75, 3.05) is 5.73 Å². The Morgan fingerprint density at radius 1 is 1.12 bits per heavy atom. The first-order valence-corrected chi connectivity index (χ1v) is 14.8. The number of rotatable bonds is 7. The third kappa shape index (κ3) is 4.69. The molecule has 3 aromatic rings. The number of hydrogen-bond acceptors (Lipinski definition) is 6. The predicted molar refractivity (Wildman–Crippen MR) is 134 cm³/mol. The molecule has 7 nitrogen and oxygen atoms in total. The number of hydrogen-bond donors (Lipinski definition) is 1. The Balaban J connectivity index is 1.71. The fraction of sp³-hybridized carbons (Fsp3) is 0.560. The lowest BCUT2D eigenvalue weighted by Gasteiger charge is -2.41. The summed E-state index contributed by atoms with van der Waals surface area (Å²) in [5.74, 6) is 0.650. The van der Waals surface area contributed by atoms with Gasteiger partial charge >= 0.3 is 0 Å². The van der Waals surface area contributed by atoms with E-state index in [-0.39, 0.29) is 29.4 Å². The van der Waals surface area contributed by atoms with Crippen molar-refractivity contribution < 1.29 is 9.16 Å². The van der Waals surface area contributed by atoms with Crippen LogP contribution in [-0.2, 0) is 15.6 Å². The molecule has 1 fully saturated rings. The number of nitrogens with zero attached hydrogens (tertiary/aromatic N) is 4. The predicted octanol–water partition coefficient (Wildman–Crippen LogP) is 5.36. The fourth-order valence-electron chi connectivity index (χ4n) is 4.45. The van der Waals surface area contributed by atoms with E-state index in [0.29, 0.717) is 17.0 Å². The highest BCUT2D eigenvalue weighted by Crippen LogP contribution is 2.46. The molecule has 3 heterocycles. The zero-order valence-corrected chi connectivity index (χ0v) is 21.7. The second kappa shape index (κ2) is 9.16. The van der Waals surface area contributed by atoms with E-state index in [9.17, 15) is 0 Å². The molecule has 4 rings (SSSR count). The molecule has 2 N–H and O–H groups in total. The van der Waals surface area contributed by atoms with Crippen molar-refractivity contribution >= 4 is 25.3 Å². The molecule has 0 aliphatic carbocycles. The van der Waals surface area contributed by atoms with Gasteiger partial charge in [-0.2, -0.15) is 0 Å². The maximum Gasteiger partial charge on any atom is 0.192 e. The van der Waals surface area contributed by atoms with Crippen molar-refractivity contribution in [2.24, 2.45) is 5.92 Å². The number of anilines is 1. The Bertz CT molecular complexity index is 1080. The molecule has 0 spiro atoms. The molecule has 1 saturated heterocycles. The van der Waals surface area contributed by atoms with Crippen LogP contribution >= 0.6 is 0 Å². The number of imidazole rings is 1. The Labute approximate surface area is 197 Å². The quantitative estimate of drug-likeness (QED) is 0.471. The highest BCUT2D eigenvalue weighted by molar-refractivity contribution is 6.74. The van der Waals surface area contributed by atoms with Crippen LogP contribution in [0.3, 0.4) is 0 Å². The van der Waals surface area contributed by atoms with E-state index in [1.807, 2.05) is 4.57 Å². The third-order valence-electron chi connectivity index (χ3n) is 7.40. The lowest BCUT2D eigenvalue weighted by atomic mass is 9.90. The first-order chi connectivity index (χ1) is 15.6. The summed E-state index contributed by atoms with van der Waals surface area (Å²) in [6.45, 7) is 13.6. The van der Waals surface area contributed by atoms with Crippen molar-refractivity contribution in [3.8, 4) is 0 Å². The summed E-state index contributed by atoms with van der Waals surface area (Å²) >= 11 is 0. The molecular weight excluding hydrogens is 430 g/mol. The van der Waals surface area contributed by atoms with Gasteiger partial charge in [-0.25, -0.2) is 15.0 Å². The number of benzene rings is 1. The van der Waals surface area contributed by atoms with Crippen LogP contribution in [0.4, 0.5) is 5.82 Å². The SMILES string of the molecule is CC[C@H]1O[C@@H](n2cnc3c(N)ncnc32)C(O[Si](C)(C)C(C)(C)C)[C@H]1CCc1ccccc1. The number of nitrogens with two attached hydrogens (primary N) is 1. The standard InChI is InChI=1S/C25H37N5O2Si/c1-7-19-18(14-13-17-11-9-8-10-12-17)21(32-33(5,6)25(2,3)4)24(31-19)30-16-29-20-22(26)27-15-28-23(20)30/h8-12,15-16,18-19,21,24H,7,13-14H2,1-6H3,(H2,26,27,28)/t18-,19+,21?,24+/m0/s1. The average molecular weight is 468 g/mol. The van der Waals surface area contributed by atoms with Gasteiger partial charge in [-0.1, -0.05) is 58.0 Å². The van der Waals surface area contributed by atoms with Crippen molar-refractivity contribution in [1.29, 1.82) is 0 Å². The monoisotopic (exact) mass is 467 g/mol. The van der Waals surface area contributed by atoms with Gasteiger partial charge in [0.25, 0.3) is 0 Å². The molecule has 1 unspecified atom stereocenters. The van der Waals surface area contributed by atoms with E-state index in [0.717, 1.165) is 19.3 Å². The van der Waals surface area contributed by atoms with E-state index in [2.05, 4.69) is 86.1 Å². The van der Waals surface area contributed by atoms with Gasteiger partial charge < -0.3 is 14.9 Å². The van der Waals surface area contributed by atoms with Gasteiger partial charge in [-0.05, 0) is 43.0 Å². The largest absolute Gasteiger partial charge is 0.409 e. The Morgan fingerprint density at radius 3 is 2.52 bits per heavy atom. The Kier molecular flexibility index (Phi) is 6.62. The summed E-state index contributed by atoms with van der Waals surface area (Å²) in [6, 6.07) is 10.7. The minimum absolute atomic E-state index is 0.0897. The van der Waals surface area contributed by atoms with Crippen molar-refractivity contribution in [1.82, 2.24) is 19.5 Å². The van der Waals surface area contributed by atoms with Crippen LogP contribution in [0.25, 0.3) is 11.2 Å². The molecule has 2 aromatic heterocycles. The molecule has 1 aliphatic rings. The summed E-state index contributed by atoms with van der Waals surface area (Å²) in [4.78, 5) is 13.1. The Hall–Kier alpha value is -2.29. The summed E-state index contributed by atoms with van der Waals surface area (Å²) in [5.41, 5.74) is 8.70. The Morgan fingerprint density at radius 2 is 1.85 bits per heavy atom. The van der Waals surface area contributed by atoms with Crippen LogP contribution in [0.15, 0.2) is 43.0 Å². The van der Waals surface area contributed by atoms with Gasteiger partial charge in [0.05, 0.1) is 18.5 Å². The van der Waals surface area contributed by atoms with Gasteiger partial charge in [-0.15, -0.1) is 0 Å². The van der Waals surface area contributed by atoms with Crippen LogP contribution < -0.4 is 5.73 Å². The molecule has 0 bridgehead atoms. The first-order valence-electron chi connectivity index (χ1n) is 11.9. The molecule has 1 aromatic carbocycles. The minimum atomic E-state index is -2.07. The summed E-state index contributed by atoms with van der Waals surface area (Å²) in [7, 11) is -2.07. The second-order valence-electron chi connectivity index (χ2n) is 10.6. The minimum Gasteiger partial charge on any atom is -0.409 e. The third-order valence-corrected chi connectivity index (χ3v) is 11.9. The van der Waals surface area contributed by atoms with Crippen molar-refractivity contribution in [2.45, 2.75) is 83.5 Å². The van der Waals surface area contributed by atoms with E-state index in [1.165, 1.54) is 11.9 Å². The summed E-state index contributed by atoms with van der Waals surface area (Å²) in [5, 5.41) is 0.0927. The molecule has 1 aliphatic heterocycles. The summed E-state index contributed by atoms with van der Waals surface area (Å²) in [6.07, 6.45) is 5.89. The van der Waals surface area contributed by atoms with E-state index in [4.69, 9.17) is 14.9 Å². The fourth-order valence-corrected chi connectivity index (χ4v) is 5.78. The van der Waals surface area contributed by atoms with Crippen LogP contribution in [0.2, 0.25) is 18.1 Å². The lowest BCUT2D eigenvalue weighted by molar-refractivity contribution is -0.0322. The molecule has 8 heteroatoms. The van der Waals surface area contributed by atoms with Crippen LogP contribution in [0.5, 0.6) is 0 Å². The first kappa shape index (κ1) is 23.9. The molecule has 0 radical (unpaired) electrons. The van der Waals surface area contributed by atoms with Gasteiger partial charge in [0.1, 0.15) is 11.8 Å². The molecule has 0 saturated carbocycles. The molecular formula is C25H37N5O2Si. The smallest absolute Gasteiger partial charge is 0.192 e. The van der Waals surface area contributed by atoms with Crippen LogP contribution in [-0.4, -0.2) is 40.0 Å². The molecule has 4 atom stereocenters. The number of ether oxygens (including phenoxy) is 1. The van der Waals surface area contributed by atoms with Gasteiger partial charge in [0.2, 0.25) is 0 Å². The zero-order valence-electron chi connectivity index (χ0n) is 20.7. The number of fused-ring (bicyclic) bond motifs is 1. The number of aromatic nitrogens is 4. The second-order valence-corrected chi connectivity index (χ2v) is 15.3. The lowest BCUT2D eigenvalue weighted by Crippen LogP contribution is -2.47. The molecule has 178 valence electrons. The average Bonchev–Trinajstić information content (AvgIpc) is 3.34. The molecule has 33 heavy (non-hydrogen) atoms. The highest BCUT2D eigenvalue weighted by atomic mass is 28.4. The van der Waals surface area contributed by atoms with Crippen LogP contribution in [0, 0.1) is 5.92 Å². The maximum atomic E-state index is 7.10. The van der Waals surface area contributed by atoms with Gasteiger partial charge in [0.15, 0.2) is 26.0 Å². The zero-order chi connectivity index (χ0) is 23.8. The van der Waals surface area contributed by atoms with E-state index in [1.54, 1.807) is 6.33 Å². The maximum absolute atomic E-state index is 7.10. The normalized spacial score (nSPS) is 23.9. The van der Waals surface area contributed by atoms with Crippen LogP contribution in [0.1, 0.15) is 52.3 Å². The van der Waals surface area contributed by atoms with Gasteiger partial charge in [-0.3, -0.25) is 4.57 Å². The highest BCUT2D eigenvalue weighted by Gasteiger charge is 2.50. The van der Waals surface area contributed by atoms with Gasteiger partial charge in [0, 0.05) is 5.92 Å². The van der Waals surface area contributed by atoms with E-state index < -0.39 is 8.32 Å². The number of aryl methyl sites for hydroxylation is 1.